The monoisotopic (exact) mass is 192 g/mol. The molecule has 0 aliphatic carbocycles. The Morgan fingerprint density at radius 1 is 1.29 bits per heavy atom. The lowest BCUT2D eigenvalue weighted by molar-refractivity contribution is -0.0942. The standard InChI is InChI=1S/C10H16N4/c1-10(2,3)14-7-9-5-6-11-8-13(9)12(14)4/h5-8H,1-4H3. The Labute approximate surface area is 84.7 Å². The van der Waals surface area contributed by atoms with Crippen molar-refractivity contribution in [3.8, 4) is 0 Å². The molecule has 0 unspecified atom stereocenters. The van der Waals surface area contributed by atoms with Crippen molar-refractivity contribution in [2.75, 3.05) is 7.05 Å². The Hall–Kier alpha value is -1.29. The number of fused-ring (bicyclic) bond motifs is 1. The van der Waals surface area contributed by atoms with E-state index in [0.29, 0.717) is 0 Å². The van der Waals surface area contributed by atoms with Crippen molar-refractivity contribution in [3.05, 3.63) is 24.2 Å². The SMILES string of the molecule is CN1N2C=NC=CC2=CN1C(C)(C)C. The van der Waals surface area contributed by atoms with Crippen LogP contribution in [-0.4, -0.2) is 34.1 Å². The molecule has 0 aromatic heterocycles. The Morgan fingerprint density at radius 2 is 2.00 bits per heavy atom. The first kappa shape index (κ1) is 9.27. The van der Waals surface area contributed by atoms with Crippen LogP contribution in [0.25, 0.3) is 0 Å². The largest absolute Gasteiger partial charge is 0.288 e. The van der Waals surface area contributed by atoms with Gasteiger partial charge in [0.1, 0.15) is 6.34 Å². The van der Waals surface area contributed by atoms with Crippen LogP contribution in [0.15, 0.2) is 29.2 Å². The van der Waals surface area contributed by atoms with E-state index in [9.17, 15) is 0 Å². The van der Waals surface area contributed by atoms with Crippen molar-refractivity contribution in [3.63, 3.8) is 0 Å². The van der Waals surface area contributed by atoms with E-state index in [1.165, 1.54) is 0 Å². The van der Waals surface area contributed by atoms with Gasteiger partial charge in [-0.1, -0.05) is 0 Å². The minimum atomic E-state index is 0.0841. The van der Waals surface area contributed by atoms with Crippen LogP contribution < -0.4 is 0 Å². The van der Waals surface area contributed by atoms with Gasteiger partial charge in [0.2, 0.25) is 0 Å². The van der Waals surface area contributed by atoms with E-state index in [2.05, 4.69) is 42.1 Å². The predicted molar refractivity (Wildman–Crippen MR) is 56.9 cm³/mol. The smallest absolute Gasteiger partial charge is 0.112 e. The predicted octanol–water partition coefficient (Wildman–Crippen LogP) is 1.56. The van der Waals surface area contributed by atoms with E-state index in [1.54, 1.807) is 0 Å². The second-order valence-corrected chi connectivity index (χ2v) is 4.48. The summed E-state index contributed by atoms with van der Waals surface area (Å²) < 4.78 is 0. The molecule has 4 heteroatoms. The molecule has 14 heavy (non-hydrogen) atoms. The van der Waals surface area contributed by atoms with Crippen molar-refractivity contribution in [2.45, 2.75) is 26.3 Å². The number of hydrogen-bond donors (Lipinski definition) is 0. The van der Waals surface area contributed by atoms with Gasteiger partial charge in [-0.15, -0.1) is 5.12 Å². The average molecular weight is 192 g/mol. The van der Waals surface area contributed by atoms with Gasteiger partial charge < -0.3 is 0 Å². The van der Waals surface area contributed by atoms with Gasteiger partial charge in [0.05, 0.1) is 5.70 Å². The van der Waals surface area contributed by atoms with E-state index >= 15 is 0 Å². The summed E-state index contributed by atoms with van der Waals surface area (Å²) in [6.07, 6.45) is 7.75. The molecular weight excluding hydrogens is 176 g/mol. The molecular formula is C10H16N4. The quantitative estimate of drug-likeness (QED) is 0.581. The highest BCUT2D eigenvalue weighted by atomic mass is 15.9. The summed E-state index contributed by atoms with van der Waals surface area (Å²) in [5.74, 6) is 0. The van der Waals surface area contributed by atoms with Crippen molar-refractivity contribution in [1.82, 2.24) is 15.1 Å². The van der Waals surface area contributed by atoms with E-state index in [-0.39, 0.29) is 5.54 Å². The van der Waals surface area contributed by atoms with Crippen LogP contribution in [0.2, 0.25) is 0 Å². The van der Waals surface area contributed by atoms with Crippen LogP contribution in [0.4, 0.5) is 0 Å². The highest BCUT2D eigenvalue weighted by Crippen LogP contribution is 2.27. The van der Waals surface area contributed by atoms with Gasteiger partial charge in [-0.25, -0.2) is 10.0 Å². The molecule has 4 nitrogen and oxygen atoms in total. The second-order valence-electron chi connectivity index (χ2n) is 4.48. The molecule has 0 amide bonds. The lowest BCUT2D eigenvalue weighted by Gasteiger charge is -2.39. The molecule has 0 spiro atoms. The fourth-order valence-corrected chi connectivity index (χ4v) is 1.65. The normalized spacial score (nSPS) is 21.6. The first-order chi connectivity index (χ1) is 6.50. The summed E-state index contributed by atoms with van der Waals surface area (Å²) in [4.78, 5) is 4.10. The summed E-state index contributed by atoms with van der Waals surface area (Å²) in [5, 5.41) is 6.26. The van der Waals surface area contributed by atoms with Crippen LogP contribution in [0.5, 0.6) is 0 Å². The Morgan fingerprint density at radius 3 is 2.57 bits per heavy atom. The number of aliphatic imine (C=N–C) groups is 1. The number of allylic oxidation sites excluding steroid dienone is 1. The maximum atomic E-state index is 4.10. The maximum absolute atomic E-state index is 4.10. The molecule has 0 aromatic rings. The van der Waals surface area contributed by atoms with Crippen LogP contribution >= 0.6 is 0 Å². The molecule has 76 valence electrons. The zero-order valence-electron chi connectivity index (χ0n) is 9.10. The minimum absolute atomic E-state index is 0.0841. The number of hydrogen-bond acceptors (Lipinski definition) is 4. The lowest BCUT2D eigenvalue weighted by Crippen LogP contribution is -2.50. The molecule has 0 saturated carbocycles. The fraction of sp³-hybridized carbons (Fsp3) is 0.500. The third-order valence-electron chi connectivity index (χ3n) is 2.34. The number of hydrazine groups is 2. The zero-order valence-corrected chi connectivity index (χ0v) is 9.10. The van der Waals surface area contributed by atoms with E-state index in [4.69, 9.17) is 0 Å². The molecule has 0 saturated heterocycles. The summed E-state index contributed by atoms with van der Waals surface area (Å²) >= 11 is 0. The lowest BCUT2D eigenvalue weighted by atomic mass is 10.1. The highest BCUT2D eigenvalue weighted by molar-refractivity contribution is 5.62. The molecule has 0 atom stereocenters. The molecule has 0 fully saturated rings. The molecule has 2 rings (SSSR count). The first-order valence-corrected chi connectivity index (χ1v) is 4.74. The molecule has 0 aromatic carbocycles. The zero-order chi connectivity index (χ0) is 10.3. The van der Waals surface area contributed by atoms with Gasteiger partial charge in [-0.05, 0) is 26.8 Å². The van der Waals surface area contributed by atoms with Crippen LogP contribution in [0.1, 0.15) is 20.8 Å². The fourth-order valence-electron chi connectivity index (χ4n) is 1.65. The minimum Gasteiger partial charge on any atom is -0.288 e. The second kappa shape index (κ2) is 2.85. The third-order valence-corrected chi connectivity index (χ3v) is 2.34. The van der Waals surface area contributed by atoms with E-state index < -0.39 is 0 Å². The molecule has 0 bridgehead atoms. The van der Waals surface area contributed by atoms with Crippen LogP contribution in [0.3, 0.4) is 0 Å². The molecule has 2 aliphatic rings. The van der Waals surface area contributed by atoms with Gasteiger partial charge >= 0.3 is 0 Å². The Balaban J connectivity index is 2.30. The average Bonchev–Trinajstić information content (AvgIpc) is 2.44. The highest BCUT2D eigenvalue weighted by Gasteiger charge is 2.32. The summed E-state index contributed by atoms with van der Waals surface area (Å²) in [5.41, 5.74) is 1.23. The molecule has 0 radical (unpaired) electrons. The Bertz CT molecular complexity index is 322. The molecule has 2 heterocycles. The Kier molecular flexibility index (Phi) is 1.89. The van der Waals surface area contributed by atoms with Gasteiger partial charge in [0.25, 0.3) is 0 Å². The van der Waals surface area contributed by atoms with E-state index in [1.807, 2.05) is 30.7 Å². The number of nitrogens with zero attached hydrogens (tertiary/aromatic N) is 4. The summed E-state index contributed by atoms with van der Waals surface area (Å²) in [7, 11) is 2.03. The number of rotatable bonds is 0. The van der Waals surface area contributed by atoms with Gasteiger partial charge in [-0.3, -0.25) is 5.01 Å². The van der Waals surface area contributed by atoms with Crippen LogP contribution in [0, 0.1) is 0 Å². The van der Waals surface area contributed by atoms with Crippen LogP contribution in [-0.2, 0) is 0 Å². The summed E-state index contributed by atoms with van der Waals surface area (Å²) in [6.45, 7) is 6.54. The topological polar surface area (TPSA) is 22.1 Å². The third kappa shape index (κ3) is 1.32. The van der Waals surface area contributed by atoms with Crippen molar-refractivity contribution in [2.24, 2.45) is 4.99 Å². The van der Waals surface area contributed by atoms with Gasteiger partial charge in [-0.2, -0.15) is 0 Å². The first-order valence-electron chi connectivity index (χ1n) is 4.74. The molecule has 0 N–H and O–H groups in total. The van der Waals surface area contributed by atoms with Crippen molar-refractivity contribution in [1.29, 1.82) is 0 Å². The maximum Gasteiger partial charge on any atom is 0.112 e. The van der Waals surface area contributed by atoms with E-state index in [0.717, 1.165) is 5.70 Å². The van der Waals surface area contributed by atoms with Gasteiger partial charge in [0, 0.05) is 25.0 Å². The van der Waals surface area contributed by atoms with Gasteiger partial charge in [0.15, 0.2) is 0 Å². The van der Waals surface area contributed by atoms with Crippen molar-refractivity contribution < 1.29 is 0 Å². The van der Waals surface area contributed by atoms with Crippen molar-refractivity contribution >= 4 is 6.34 Å². The molecule has 2 aliphatic heterocycles. The summed E-state index contributed by atoms with van der Waals surface area (Å²) in [6, 6.07) is 0.